The molecule has 2 aromatic rings. The summed E-state index contributed by atoms with van der Waals surface area (Å²) in [6.07, 6.45) is 3.27. The van der Waals surface area contributed by atoms with Crippen LogP contribution in [0.4, 0.5) is 0 Å². The summed E-state index contributed by atoms with van der Waals surface area (Å²) in [6, 6.07) is 10.4. The molecule has 0 spiro atoms. The molecule has 2 amide bonds. The van der Waals surface area contributed by atoms with E-state index in [0.29, 0.717) is 11.5 Å². The molecule has 1 unspecified atom stereocenters. The van der Waals surface area contributed by atoms with Crippen molar-refractivity contribution in [1.29, 1.82) is 0 Å². The Morgan fingerprint density at radius 1 is 1.20 bits per heavy atom. The van der Waals surface area contributed by atoms with Gasteiger partial charge in [0.05, 0.1) is 12.1 Å². The molecule has 1 N–H and O–H groups in total. The topological polar surface area (TPSA) is 75.4 Å². The zero-order valence-corrected chi connectivity index (χ0v) is 14.4. The fourth-order valence-corrected chi connectivity index (χ4v) is 3.11. The molecule has 6 heteroatoms. The van der Waals surface area contributed by atoms with E-state index in [-0.39, 0.29) is 18.2 Å². The van der Waals surface area contributed by atoms with Gasteiger partial charge in [-0.15, -0.1) is 0 Å². The lowest BCUT2D eigenvalue weighted by Crippen LogP contribution is -2.45. The highest BCUT2D eigenvalue weighted by Gasteiger charge is 2.28. The van der Waals surface area contributed by atoms with E-state index in [4.69, 9.17) is 4.52 Å². The highest BCUT2D eigenvalue weighted by molar-refractivity contribution is 5.89. The molecule has 1 saturated heterocycles. The van der Waals surface area contributed by atoms with Gasteiger partial charge in [0.1, 0.15) is 11.8 Å². The Balaban J connectivity index is 1.74. The van der Waals surface area contributed by atoms with Crippen molar-refractivity contribution in [3.63, 3.8) is 0 Å². The molecule has 3 rings (SSSR count). The molecule has 25 heavy (non-hydrogen) atoms. The summed E-state index contributed by atoms with van der Waals surface area (Å²) in [7, 11) is 0. The van der Waals surface area contributed by atoms with Crippen LogP contribution in [0.2, 0.25) is 0 Å². The van der Waals surface area contributed by atoms with Crippen LogP contribution in [0, 0.1) is 6.92 Å². The monoisotopic (exact) mass is 341 g/mol. The van der Waals surface area contributed by atoms with Crippen molar-refractivity contribution >= 4 is 11.8 Å². The smallest absolute Gasteiger partial charge is 0.249 e. The molecule has 0 bridgehead atoms. The minimum atomic E-state index is -0.667. The number of likely N-dealkylation sites (tertiary alicyclic amines) is 1. The summed E-state index contributed by atoms with van der Waals surface area (Å²) in [5, 5.41) is 6.72. The molecule has 1 atom stereocenters. The average molecular weight is 341 g/mol. The number of benzene rings is 1. The Hall–Kier alpha value is -2.63. The largest absolute Gasteiger partial charge is 0.361 e. The lowest BCUT2D eigenvalue weighted by Gasteiger charge is -2.31. The third-order valence-corrected chi connectivity index (χ3v) is 4.37. The Labute approximate surface area is 147 Å². The fourth-order valence-electron chi connectivity index (χ4n) is 3.11. The second-order valence-electron chi connectivity index (χ2n) is 6.40. The van der Waals surface area contributed by atoms with Crippen molar-refractivity contribution in [3.8, 4) is 0 Å². The molecule has 0 radical (unpaired) electrons. The van der Waals surface area contributed by atoms with Gasteiger partial charge in [0.15, 0.2) is 0 Å². The molecule has 132 valence electrons. The van der Waals surface area contributed by atoms with Gasteiger partial charge in [0.25, 0.3) is 0 Å². The standard InChI is InChI=1S/C19H23N3O3/c1-14-12-16(21-25-14)13-17(23)20-18(15-8-4-2-5-9-15)19(24)22-10-6-3-7-11-22/h2,4-5,8-9,12,18H,3,6-7,10-11,13H2,1H3,(H,20,23). The second-order valence-corrected chi connectivity index (χ2v) is 6.40. The van der Waals surface area contributed by atoms with Crippen LogP contribution in [-0.4, -0.2) is 35.0 Å². The van der Waals surface area contributed by atoms with Crippen molar-refractivity contribution in [1.82, 2.24) is 15.4 Å². The predicted molar refractivity (Wildman–Crippen MR) is 92.7 cm³/mol. The first kappa shape index (κ1) is 17.2. The maximum atomic E-state index is 13.0. The van der Waals surface area contributed by atoms with Gasteiger partial charge in [-0.25, -0.2) is 0 Å². The summed E-state index contributed by atoms with van der Waals surface area (Å²) in [6.45, 7) is 3.28. The zero-order chi connectivity index (χ0) is 17.6. The number of piperidine rings is 1. The van der Waals surface area contributed by atoms with Gasteiger partial charge >= 0.3 is 0 Å². The fraction of sp³-hybridized carbons (Fsp3) is 0.421. The number of hydrogen-bond acceptors (Lipinski definition) is 4. The third-order valence-electron chi connectivity index (χ3n) is 4.37. The van der Waals surface area contributed by atoms with Gasteiger partial charge in [-0.05, 0) is 31.7 Å². The number of carbonyl (C=O) groups excluding carboxylic acids is 2. The summed E-state index contributed by atoms with van der Waals surface area (Å²) in [4.78, 5) is 27.2. The van der Waals surface area contributed by atoms with Crippen LogP contribution in [0.15, 0.2) is 40.9 Å². The first-order valence-corrected chi connectivity index (χ1v) is 8.69. The van der Waals surface area contributed by atoms with Crippen LogP contribution in [0.3, 0.4) is 0 Å². The Kier molecular flexibility index (Phi) is 5.48. The van der Waals surface area contributed by atoms with Crippen LogP contribution >= 0.6 is 0 Å². The molecular formula is C19H23N3O3. The number of aromatic nitrogens is 1. The maximum absolute atomic E-state index is 13.0. The zero-order valence-electron chi connectivity index (χ0n) is 14.4. The van der Waals surface area contributed by atoms with Gasteiger partial charge in [0.2, 0.25) is 11.8 Å². The van der Waals surface area contributed by atoms with E-state index in [1.165, 1.54) is 0 Å². The van der Waals surface area contributed by atoms with E-state index in [1.54, 1.807) is 13.0 Å². The van der Waals surface area contributed by atoms with Crippen molar-refractivity contribution in [2.45, 2.75) is 38.6 Å². The molecule has 1 aromatic carbocycles. The van der Waals surface area contributed by atoms with Crippen LogP contribution in [0.5, 0.6) is 0 Å². The normalized spacial score (nSPS) is 15.6. The van der Waals surface area contributed by atoms with Crippen LogP contribution in [0.1, 0.15) is 42.3 Å². The summed E-state index contributed by atoms with van der Waals surface area (Å²) in [5.41, 5.74) is 1.36. The van der Waals surface area contributed by atoms with E-state index >= 15 is 0 Å². The Bertz CT molecular complexity index is 721. The molecule has 1 aromatic heterocycles. The highest BCUT2D eigenvalue weighted by Crippen LogP contribution is 2.19. The molecule has 1 aliphatic heterocycles. The van der Waals surface area contributed by atoms with Gasteiger partial charge < -0.3 is 14.7 Å². The minimum absolute atomic E-state index is 0.0458. The lowest BCUT2D eigenvalue weighted by atomic mass is 10.0. The summed E-state index contributed by atoms with van der Waals surface area (Å²) < 4.78 is 4.99. The highest BCUT2D eigenvalue weighted by atomic mass is 16.5. The second kappa shape index (κ2) is 7.96. The molecule has 0 saturated carbocycles. The molecule has 6 nitrogen and oxygen atoms in total. The number of nitrogens with one attached hydrogen (secondary N) is 1. The summed E-state index contributed by atoms with van der Waals surface area (Å²) >= 11 is 0. The SMILES string of the molecule is Cc1cc(CC(=O)NC(C(=O)N2CCCCC2)c2ccccc2)no1. The van der Waals surface area contributed by atoms with Crippen LogP contribution in [0.25, 0.3) is 0 Å². The number of nitrogens with zero attached hydrogens (tertiary/aromatic N) is 2. The van der Waals surface area contributed by atoms with E-state index in [2.05, 4.69) is 10.5 Å². The summed E-state index contributed by atoms with van der Waals surface area (Å²) in [5.74, 6) is 0.370. The van der Waals surface area contributed by atoms with Crippen LogP contribution in [-0.2, 0) is 16.0 Å². The number of amides is 2. The Morgan fingerprint density at radius 3 is 2.56 bits per heavy atom. The van der Waals surface area contributed by atoms with Crippen molar-refractivity contribution in [2.24, 2.45) is 0 Å². The predicted octanol–water partition coefficient (Wildman–Crippen LogP) is 2.40. The quantitative estimate of drug-likeness (QED) is 0.906. The first-order valence-electron chi connectivity index (χ1n) is 8.69. The van der Waals surface area contributed by atoms with Gasteiger partial charge in [-0.1, -0.05) is 35.5 Å². The number of carbonyl (C=O) groups is 2. The van der Waals surface area contributed by atoms with Crippen LogP contribution < -0.4 is 5.32 Å². The van der Waals surface area contributed by atoms with E-state index < -0.39 is 6.04 Å². The number of rotatable bonds is 5. The molecule has 1 fully saturated rings. The minimum Gasteiger partial charge on any atom is -0.361 e. The average Bonchev–Trinajstić information content (AvgIpc) is 3.05. The lowest BCUT2D eigenvalue weighted by molar-refractivity contribution is -0.137. The first-order chi connectivity index (χ1) is 12.1. The number of hydrogen-bond donors (Lipinski definition) is 1. The third kappa shape index (κ3) is 4.47. The van der Waals surface area contributed by atoms with Gasteiger partial charge in [-0.3, -0.25) is 9.59 Å². The molecular weight excluding hydrogens is 318 g/mol. The van der Waals surface area contributed by atoms with Gasteiger partial charge in [-0.2, -0.15) is 0 Å². The van der Waals surface area contributed by atoms with Crippen molar-refractivity contribution in [3.05, 3.63) is 53.4 Å². The number of aryl methyl sites for hydroxylation is 1. The van der Waals surface area contributed by atoms with E-state index in [1.807, 2.05) is 35.2 Å². The molecule has 1 aliphatic rings. The van der Waals surface area contributed by atoms with Gasteiger partial charge in [0, 0.05) is 19.2 Å². The maximum Gasteiger partial charge on any atom is 0.249 e. The van der Waals surface area contributed by atoms with Crippen molar-refractivity contribution in [2.75, 3.05) is 13.1 Å². The molecule has 0 aliphatic carbocycles. The van der Waals surface area contributed by atoms with E-state index in [0.717, 1.165) is 37.9 Å². The van der Waals surface area contributed by atoms with E-state index in [9.17, 15) is 9.59 Å². The Morgan fingerprint density at radius 2 is 1.92 bits per heavy atom. The van der Waals surface area contributed by atoms with Crippen molar-refractivity contribution < 1.29 is 14.1 Å². The molecule has 2 heterocycles.